The maximum absolute atomic E-state index is 6.10. The number of benzene rings is 2. The number of aliphatic imine (C=N–C) groups is 1. The highest BCUT2D eigenvalue weighted by Gasteiger charge is 2.26. The summed E-state index contributed by atoms with van der Waals surface area (Å²) in [6, 6.07) is 15.6. The molecule has 8 heteroatoms. The van der Waals surface area contributed by atoms with Crippen LogP contribution in [0.1, 0.15) is 29.5 Å². The van der Waals surface area contributed by atoms with Crippen LogP contribution in [0, 0.1) is 0 Å². The summed E-state index contributed by atoms with van der Waals surface area (Å²) in [6.45, 7) is 6.08. The van der Waals surface area contributed by atoms with Crippen LogP contribution in [0.4, 0.5) is 11.4 Å². The van der Waals surface area contributed by atoms with Crippen molar-refractivity contribution in [1.82, 2.24) is 4.90 Å². The molecule has 0 unspecified atom stereocenters. The van der Waals surface area contributed by atoms with Crippen LogP contribution in [0.2, 0.25) is 0 Å². The predicted molar refractivity (Wildman–Crippen MR) is 142 cm³/mol. The van der Waals surface area contributed by atoms with Gasteiger partial charge in [0.05, 0.1) is 13.2 Å². The van der Waals surface area contributed by atoms with E-state index >= 15 is 0 Å². The van der Waals surface area contributed by atoms with Gasteiger partial charge in [-0.2, -0.15) is 4.99 Å². The fraction of sp³-hybridized carbons (Fsp3) is 0.440. The van der Waals surface area contributed by atoms with Gasteiger partial charge in [0.1, 0.15) is 0 Å². The van der Waals surface area contributed by atoms with Gasteiger partial charge < -0.3 is 20.7 Å². The second-order valence-electron chi connectivity index (χ2n) is 8.81. The third-order valence-corrected chi connectivity index (χ3v) is 7.75. The number of amidine groups is 1. The minimum atomic E-state index is 0.392. The van der Waals surface area contributed by atoms with Crippen LogP contribution >= 0.6 is 24.0 Å². The van der Waals surface area contributed by atoms with E-state index in [4.69, 9.17) is 22.7 Å². The van der Waals surface area contributed by atoms with Gasteiger partial charge in [-0.15, -0.1) is 0 Å². The average Bonchev–Trinajstić information content (AvgIpc) is 3.64. The molecule has 2 heterocycles. The number of morpholine rings is 1. The largest absolute Gasteiger partial charge is 0.379 e. The number of hydrogen-bond acceptors (Lipinski definition) is 5. The lowest BCUT2D eigenvalue weighted by molar-refractivity contribution is 0.0115. The zero-order valence-electron chi connectivity index (χ0n) is 18.8. The third kappa shape index (κ3) is 5.87. The van der Waals surface area contributed by atoms with Gasteiger partial charge in [-0.3, -0.25) is 4.90 Å². The summed E-state index contributed by atoms with van der Waals surface area (Å²) in [4.78, 5) is 9.43. The molecule has 6 nitrogen and oxygen atoms in total. The topological polar surface area (TPSA) is 66.1 Å². The molecule has 2 aliphatic heterocycles. The van der Waals surface area contributed by atoms with Gasteiger partial charge in [-0.25, -0.2) is 0 Å². The Bertz CT molecular complexity index is 1010. The minimum Gasteiger partial charge on any atom is -0.379 e. The second kappa shape index (κ2) is 10.4. The predicted octanol–water partition coefficient (Wildman–Crippen LogP) is 3.84. The number of nitrogens with zero attached hydrogens (tertiary/aromatic N) is 3. The summed E-state index contributed by atoms with van der Waals surface area (Å²) in [5, 5.41) is 4.07. The zero-order valence-corrected chi connectivity index (χ0v) is 20.5. The van der Waals surface area contributed by atoms with Crippen LogP contribution < -0.4 is 16.0 Å². The van der Waals surface area contributed by atoms with E-state index in [1.165, 1.54) is 47.0 Å². The molecule has 2 saturated heterocycles. The number of fused-ring (bicyclic) bond motifs is 1. The highest BCUT2D eigenvalue weighted by molar-refractivity contribution is 8.13. The maximum atomic E-state index is 6.10. The Kier molecular flexibility index (Phi) is 7.16. The highest BCUT2D eigenvalue weighted by Crippen LogP contribution is 2.33. The lowest BCUT2D eigenvalue weighted by Crippen LogP contribution is -2.49. The van der Waals surface area contributed by atoms with Crippen molar-refractivity contribution in [2.24, 2.45) is 10.7 Å². The molecule has 33 heavy (non-hydrogen) atoms. The first-order valence-electron chi connectivity index (χ1n) is 11.7. The van der Waals surface area contributed by atoms with Crippen molar-refractivity contribution in [3.05, 3.63) is 59.2 Å². The van der Waals surface area contributed by atoms with E-state index in [-0.39, 0.29) is 0 Å². The smallest absolute Gasteiger partial charge is 0.199 e. The Morgan fingerprint density at radius 2 is 1.85 bits per heavy atom. The molecule has 2 fully saturated rings. The molecule has 174 valence electrons. The average molecular weight is 482 g/mol. The Morgan fingerprint density at radius 3 is 2.61 bits per heavy atom. The summed E-state index contributed by atoms with van der Waals surface area (Å²) in [5.41, 5.74) is 12.5. The fourth-order valence-electron chi connectivity index (χ4n) is 4.76. The van der Waals surface area contributed by atoms with Crippen LogP contribution in [0.5, 0.6) is 0 Å². The molecule has 0 amide bonds. The second-order valence-corrected chi connectivity index (χ2v) is 10.2. The summed E-state index contributed by atoms with van der Waals surface area (Å²) in [5.74, 6) is 0.831. The Morgan fingerprint density at radius 1 is 1.09 bits per heavy atom. The van der Waals surface area contributed by atoms with E-state index in [1.807, 2.05) is 0 Å². The summed E-state index contributed by atoms with van der Waals surface area (Å²) < 4.78 is 5.49. The van der Waals surface area contributed by atoms with E-state index in [0.29, 0.717) is 16.3 Å². The third-order valence-electron chi connectivity index (χ3n) is 6.71. The number of rotatable bonds is 5. The van der Waals surface area contributed by atoms with Crippen LogP contribution in [0.25, 0.3) is 0 Å². The van der Waals surface area contributed by atoms with Gasteiger partial charge in [0.2, 0.25) is 0 Å². The molecule has 3 N–H and O–H groups in total. The van der Waals surface area contributed by atoms with E-state index in [0.717, 1.165) is 57.3 Å². The molecule has 2 aromatic rings. The molecule has 0 radical (unpaired) electrons. The van der Waals surface area contributed by atoms with E-state index in [1.54, 1.807) is 0 Å². The molecule has 2 aromatic carbocycles. The molecule has 0 atom stereocenters. The Labute approximate surface area is 205 Å². The maximum Gasteiger partial charge on any atom is 0.199 e. The quantitative estimate of drug-likeness (QED) is 0.326. The number of anilines is 2. The molecule has 0 spiro atoms. The van der Waals surface area contributed by atoms with E-state index in [2.05, 4.69) is 62.6 Å². The number of piperidine rings is 1. The van der Waals surface area contributed by atoms with Gasteiger partial charge >= 0.3 is 0 Å². The lowest BCUT2D eigenvalue weighted by atomic mass is 10.0. The highest BCUT2D eigenvalue weighted by atomic mass is 32.2. The molecule has 3 aliphatic rings. The normalized spacial score (nSPS) is 19.3. The van der Waals surface area contributed by atoms with Gasteiger partial charge in [0, 0.05) is 49.3 Å². The van der Waals surface area contributed by atoms with Crippen molar-refractivity contribution in [2.75, 3.05) is 49.6 Å². The van der Waals surface area contributed by atoms with E-state index in [9.17, 15) is 0 Å². The van der Waals surface area contributed by atoms with Crippen LogP contribution in [0.15, 0.2) is 47.5 Å². The van der Waals surface area contributed by atoms with Crippen molar-refractivity contribution >= 4 is 45.6 Å². The molecule has 0 bridgehead atoms. The van der Waals surface area contributed by atoms with Gasteiger partial charge in [-0.05, 0) is 72.4 Å². The van der Waals surface area contributed by atoms with Crippen molar-refractivity contribution in [2.45, 2.75) is 31.1 Å². The number of hydrogen-bond donors (Lipinski definition) is 2. The van der Waals surface area contributed by atoms with Gasteiger partial charge in [0.15, 0.2) is 10.3 Å². The number of nitrogens with one attached hydrogen (secondary N) is 1. The number of nitrogens with two attached hydrogens (primary N) is 1. The first-order chi connectivity index (χ1) is 16.2. The van der Waals surface area contributed by atoms with Gasteiger partial charge in [-0.1, -0.05) is 30.0 Å². The van der Waals surface area contributed by atoms with Crippen molar-refractivity contribution in [3.63, 3.8) is 0 Å². The van der Waals surface area contributed by atoms with Crippen molar-refractivity contribution < 1.29 is 4.74 Å². The lowest BCUT2D eigenvalue weighted by Gasteiger charge is -2.40. The molecule has 0 saturated carbocycles. The van der Waals surface area contributed by atoms with Crippen molar-refractivity contribution in [1.29, 1.82) is 0 Å². The summed E-state index contributed by atoms with van der Waals surface area (Å²) >= 11 is 6.93. The Balaban J connectivity index is 1.08. The number of thioether (sulfide) groups is 1. The standard InChI is InChI=1S/C25H31N5OS2/c26-24(33-17-19-3-1-2-18-16-23(18)19)28-25(32)27-20-4-6-21(7-5-20)29-10-8-22(9-11-29)30-12-14-31-15-13-30/h1-7,22H,8-17H2,(H3,26,27,28,32). The molecule has 5 rings (SSSR count). The first kappa shape index (κ1) is 22.7. The van der Waals surface area contributed by atoms with Crippen LogP contribution in [-0.4, -0.2) is 60.6 Å². The first-order valence-corrected chi connectivity index (χ1v) is 13.1. The van der Waals surface area contributed by atoms with Gasteiger partial charge in [0.25, 0.3) is 0 Å². The van der Waals surface area contributed by atoms with E-state index < -0.39 is 0 Å². The van der Waals surface area contributed by atoms with Crippen molar-refractivity contribution in [3.8, 4) is 0 Å². The number of ether oxygens (including phenoxy) is 1. The van der Waals surface area contributed by atoms with Crippen LogP contribution in [0.3, 0.4) is 0 Å². The number of thiocarbonyl (C=S) groups is 1. The summed E-state index contributed by atoms with van der Waals surface area (Å²) in [6.07, 6.45) is 3.53. The molecular weight excluding hydrogens is 450 g/mol. The zero-order chi connectivity index (χ0) is 22.6. The summed E-state index contributed by atoms with van der Waals surface area (Å²) in [7, 11) is 0. The monoisotopic (exact) mass is 481 g/mol. The fourth-order valence-corrected chi connectivity index (χ4v) is 5.77. The molecule has 0 aromatic heterocycles. The minimum absolute atomic E-state index is 0.392. The molecular formula is C25H31N5OS2. The Hall–Kier alpha value is -2.13. The molecule has 1 aliphatic carbocycles. The van der Waals surface area contributed by atoms with Crippen LogP contribution in [-0.2, 0) is 16.9 Å². The SMILES string of the molecule is N/C(=N\C(=S)Nc1ccc(N2CCC(N3CCOCC3)CC2)cc1)SCc1cccc2c1C2.